The van der Waals surface area contributed by atoms with Gasteiger partial charge in [-0.05, 0) is 31.9 Å². The van der Waals surface area contributed by atoms with Crippen molar-refractivity contribution in [1.29, 1.82) is 0 Å². The van der Waals surface area contributed by atoms with Crippen LogP contribution in [0.15, 0.2) is 36.5 Å². The third-order valence-electron chi connectivity index (χ3n) is 2.98. The van der Waals surface area contributed by atoms with Gasteiger partial charge < -0.3 is 11.1 Å². The van der Waals surface area contributed by atoms with E-state index >= 15 is 0 Å². The van der Waals surface area contributed by atoms with E-state index in [0.717, 1.165) is 22.9 Å². The minimum Gasteiger partial charge on any atom is -0.354 e. The Kier molecular flexibility index (Phi) is 7.64. The minimum absolute atomic E-state index is 0. The number of carbonyl (C=O) groups is 1. The molecule has 0 aliphatic rings. The summed E-state index contributed by atoms with van der Waals surface area (Å²) in [5, 5.41) is 3.96. The number of nitrogens with two attached hydrogens (primary N) is 1. The first-order chi connectivity index (χ1) is 8.98. The predicted octanol–water partition coefficient (Wildman–Crippen LogP) is 2.47. The van der Waals surface area contributed by atoms with Crippen LogP contribution >= 0.6 is 24.8 Å². The number of para-hydroxylation sites is 1. The van der Waals surface area contributed by atoms with Crippen molar-refractivity contribution in [2.75, 3.05) is 6.54 Å². The minimum atomic E-state index is -0.836. The van der Waals surface area contributed by atoms with Crippen molar-refractivity contribution >= 4 is 41.6 Å². The molecule has 0 radical (unpaired) electrons. The number of pyridine rings is 1. The van der Waals surface area contributed by atoms with Crippen molar-refractivity contribution < 1.29 is 4.79 Å². The second-order valence-electron chi connectivity index (χ2n) is 5.22. The maximum Gasteiger partial charge on any atom is 0.239 e. The van der Waals surface area contributed by atoms with E-state index in [2.05, 4.69) is 10.3 Å². The first-order valence-electron chi connectivity index (χ1n) is 6.38. The number of fused-ring (bicyclic) bond motifs is 1. The summed E-state index contributed by atoms with van der Waals surface area (Å²) >= 11 is 0. The number of nitrogens with one attached hydrogen (secondary N) is 1. The van der Waals surface area contributed by atoms with Crippen molar-refractivity contribution in [2.45, 2.75) is 25.8 Å². The van der Waals surface area contributed by atoms with Gasteiger partial charge in [-0.1, -0.05) is 24.3 Å². The lowest BCUT2D eigenvalue weighted by Gasteiger charge is -2.17. The number of halogens is 2. The van der Waals surface area contributed by atoms with Crippen LogP contribution in [0.2, 0.25) is 0 Å². The summed E-state index contributed by atoms with van der Waals surface area (Å²) in [6, 6.07) is 10.0. The van der Waals surface area contributed by atoms with Crippen LogP contribution in [-0.2, 0) is 11.2 Å². The van der Waals surface area contributed by atoms with Gasteiger partial charge in [0.25, 0.3) is 0 Å². The van der Waals surface area contributed by atoms with E-state index in [1.54, 1.807) is 20.0 Å². The number of carbonyl (C=O) groups excluding carboxylic acids is 1. The van der Waals surface area contributed by atoms with Gasteiger partial charge in [-0.15, -0.1) is 24.8 Å². The molecule has 3 N–H and O–H groups in total. The van der Waals surface area contributed by atoms with Gasteiger partial charge in [0.05, 0.1) is 11.1 Å². The van der Waals surface area contributed by atoms with E-state index in [1.807, 2.05) is 30.3 Å². The van der Waals surface area contributed by atoms with E-state index in [4.69, 9.17) is 5.73 Å². The molecule has 116 valence electrons. The van der Waals surface area contributed by atoms with Gasteiger partial charge in [0.1, 0.15) is 0 Å². The molecule has 2 aromatic rings. The standard InChI is InChI=1S/C15H19N3O.2ClH/c1-15(2,16)14(19)18-10-8-12-6-3-5-11-7-4-9-17-13(11)12;;/h3-7,9H,8,10,16H2,1-2H3,(H,18,19);2*1H. The highest BCUT2D eigenvalue weighted by Crippen LogP contribution is 2.15. The summed E-state index contributed by atoms with van der Waals surface area (Å²) in [5.41, 5.74) is 7.01. The van der Waals surface area contributed by atoms with Crippen LogP contribution in [-0.4, -0.2) is 23.0 Å². The quantitative estimate of drug-likeness (QED) is 0.905. The van der Waals surface area contributed by atoms with E-state index in [1.165, 1.54) is 0 Å². The highest BCUT2D eigenvalue weighted by atomic mass is 35.5. The Balaban J connectivity index is 0.00000200. The van der Waals surface area contributed by atoms with Crippen LogP contribution in [0.5, 0.6) is 0 Å². The third kappa shape index (κ3) is 5.16. The second kappa shape index (κ2) is 8.17. The largest absolute Gasteiger partial charge is 0.354 e. The molecule has 0 saturated heterocycles. The monoisotopic (exact) mass is 329 g/mol. The number of nitrogens with zero attached hydrogens (tertiary/aromatic N) is 1. The molecule has 6 heteroatoms. The van der Waals surface area contributed by atoms with E-state index in [9.17, 15) is 4.79 Å². The highest BCUT2D eigenvalue weighted by Gasteiger charge is 2.20. The lowest BCUT2D eigenvalue weighted by Crippen LogP contribution is -2.49. The zero-order valence-electron chi connectivity index (χ0n) is 12.1. The van der Waals surface area contributed by atoms with Crippen molar-refractivity contribution in [3.05, 3.63) is 42.1 Å². The molecule has 2 rings (SSSR count). The topological polar surface area (TPSA) is 68.0 Å². The molecule has 0 aliphatic heterocycles. The van der Waals surface area contributed by atoms with Crippen LogP contribution in [0.4, 0.5) is 0 Å². The molecule has 1 heterocycles. The Morgan fingerprint density at radius 3 is 2.57 bits per heavy atom. The highest BCUT2D eigenvalue weighted by molar-refractivity contribution is 5.86. The number of hydrogen-bond acceptors (Lipinski definition) is 3. The number of amides is 1. The average Bonchev–Trinajstić information content (AvgIpc) is 2.38. The Labute approximate surface area is 137 Å². The molecule has 0 unspecified atom stereocenters. The van der Waals surface area contributed by atoms with Crippen molar-refractivity contribution in [2.24, 2.45) is 5.73 Å². The molecule has 0 atom stereocenters. The van der Waals surface area contributed by atoms with Crippen LogP contribution in [0, 0.1) is 0 Å². The van der Waals surface area contributed by atoms with Gasteiger partial charge in [0.15, 0.2) is 0 Å². The SMILES string of the molecule is CC(C)(N)C(=O)NCCc1cccc2cccnc12.Cl.Cl. The Hall–Kier alpha value is -1.36. The summed E-state index contributed by atoms with van der Waals surface area (Å²) in [4.78, 5) is 16.1. The fourth-order valence-corrected chi connectivity index (χ4v) is 1.91. The molecule has 0 bridgehead atoms. The lowest BCUT2D eigenvalue weighted by molar-refractivity contribution is -0.125. The normalized spacial score (nSPS) is 10.4. The van der Waals surface area contributed by atoms with Crippen LogP contribution in [0.1, 0.15) is 19.4 Å². The van der Waals surface area contributed by atoms with Crippen molar-refractivity contribution in [3.63, 3.8) is 0 Å². The van der Waals surface area contributed by atoms with Crippen molar-refractivity contribution in [1.82, 2.24) is 10.3 Å². The molecular weight excluding hydrogens is 309 g/mol. The lowest BCUT2D eigenvalue weighted by atomic mass is 10.1. The Morgan fingerprint density at radius 2 is 1.90 bits per heavy atom. The molecule has 1 aromatic carbocycles. The summed E-state index contributed by atoms with van der Waals surface area (Å²) < 4.78 is 0. The Morgan fingerprint density at radius 1 is 1.24 bits per heavy atom. The van der Waals surface area contributed by atoms with Gasteiger partial charge in [-0.2, -0.15) is 0 Å². The van der Waals surface area contributed by atoms with E-state index < -0.39 is 5.54 Å². The summed E-state index contributed by atoms with van der Waals surface area (Å²) in [7, 11) is 0. The zero-order valence-corrected chi connectivity index (χ0v) is 13.8. The Bertz CT molecular complexity index is 591. The van der Waals surface area contributed by atoms with Crippen LogP contribution in [0.3, 0.4) is 0 Å². The molecule has 1 aromatic heterocycles. The van der Waals surface area contributed by atoms with Crippen LogP contribution < -0.4 is 11.1 Å². The third-order valence-corrected chi connectivity index (χ3v) is 2.98. The van der Waals surface area contributed by atoms with Crippen LogP contribution in [0.25, 0.3) is 10.9 Å². The zero-order chi connectivity index (χ0) is 13.9. The number of hydrogen-bond donors (Lipinski definition) is 2. The molecule has 21 heavy (non-hydrogen) atoms. The first kappa shape index (κ1) is 19.6. The fourth-order valence-electron chi connectivity index (χ4n) is 1.91. The average molecular weight is 330 g/mol. The van der Waals surface area contributed by atoms with Gasteiger partial charge in [0, 0.05) is 18.1 Å². The van der Waals surface area contributed by atoms with Gasteiger partial charge >= 0.3 is 0 Å². The fraction of sp³-hybridized carbons (Fsp3) is 0.333. The maximum atomic E-state index is 11.7. The van der Waals surface area contributed by atoms with Gasteiger partial charge in [-0.3, -0.25) is 9.78 Å². The maximum absolute atomic E-state index is 11.7. The van der Waals surface area contributed by atoms with E-state index in [0.29, 0.717) is 6.54 Å². The smallest absolute Gasteiger partial charge is 0.239 e. The molecular formula is C15H21Cl2N3O. The summed E-state index contributed by atoms with van der Waals surface area (Å²) in [6.45, 7) is 3.96. The molecule has 0 spiro atoms. The molecule has 1 amide bonds. The summed E-state index contributed by atoms with van der Waals surface area (Å²) in [6.07, 6.45) is 2.53. The van der Waals surface area contributed by atoms with Gasteiger partial charge in [-0.25, -0.2) is 0 Å². The van der Waals surface area contributed by atoms with E-state index in [-0.39, 0.29) is 30.7 Å². The first-order valence-corrected chi connectivity index (χ1v) is 6.38. The molecule has 4 nitrogen and oxygen atoms in total. The number of rotatable bonds is 4. The summed E-state index contributed by atoms with van der Waals surface area (Å²) in [5.74, 6) is -0.138. The number of aromatic nitrogens is 1. The van der Waals surface area contributed by atoms with Gasteiger partial charge in [0.2, 0.25) is 5.91 Å². The second-order valence-corrected chi connectivity index (χ2v) is 5.22. The molecule has 0 aliphatic carbocycles. The number of benzene rings is 1. The molecule has 0 saturated carbocycles. The molecule has 0 fully saturated rings. The predicted molar refractivity (Wildman–Crippen MR) is 91.2 cm³/mol. The van der Waals surface area contributed by atoms with Crippen molar-refractivity contribution in [3.8, 4) is 0 Å².